The Bertz CT molecular complexity index is 728. The molecule has 132 valence electrons. The van der Waals surface area contributed by atoms with Gasteiger partial charge in [-0.15, -0.1) is 0 Å². The molecule has 0 saturated carbocycles. The SMILES string of the molecule is Cc1ccccc1[C@](C)(CN)c1ccccn1.O=C(O)/C=C/C(=O)O. The number of hydrogen-bond acceptors (Lipinski definition) is 4. The van der Waals surface area contributed by atoms with Gasteiger partial charge in [-0.1, -0.05) is 30.3 Å². The molecule has 6 heteroatoms. The highest BCUT2D eigenvalue weighted by molar-refractivity contribution is 5.89. The summed E-state index contributed by atoms with van der Waals surface area (Å²) in [6, 6.07) is 14.3. The molecule has 0 saturated heterocycles. The van der Waals surface area contributed by atoms with E-state index in [4.69, 9.17) is 15.9 Å². The Morgan fingerprint density at radius 2 is 1.64 bits per heavy atom. The third-order valence-electron chi connectivity index (χ3n) is 3.75. The molecule has 0 aliphatic carbocycles. The fourth-order valence-corrected chi connectivity index (χ4v) is 2.38. The molecule has 2 aromatic rings. The second kappa shape index (κ2) is 9.34. The van der Waals surface area contributed by atoms with Gasteiger partial charge in [-0.2, -0.15) is 0 Å². The van der Waals surface area contributed by atoms with Crippen molar-refractivity contribution in [2.45, 2.75) is 19.3 Å². The Kier molecular flexibility index (Phi) is 7.49. The standard InChI is InChI=1S/C15H18N2.C4H4O4/c1-12-7-3-4-8-13(12)15(2,11-16)14-9-5-6-10-17-14;5-3(6)1-2-4(7)8/h3-10H,11,16H2,1-2H3;1-2H,(H,5,6)(H,7,8)/b;2-1+/t15-;/m0./s1. The molecule has 0 bridgehead atoms. The second-order valence-corrected chi connectivity index (χ2v) is 5.58. The van der Waals surface area contributed by atoms with Gasteiger partial charge in [-0.3, -0.25) is 4.98 Å². The van der Waals surface area contributed by atoms with Crippen LogP contribution in [0.25, 0.3) is 0 Å². The fourth-order valence-electron chi connectivity index (χ4n) is 2.38. The number of pyridine rings is 1. The minimum absolute atomic E-state index is 0.216. The van der Waals surface area contributed by atoms with Crippen molar-refractivity contribution in [2.75, 3.05) is 6.54 Å². The molecule has 0 spiro atoms. The van der Waals surface area contributed by atoms with E-state index in [-0.39, 0.29) is 5.41 Å². The molecule has 6 nitrogen and oxygen atoms in total. The average Bonchev–Trinajstić information content (AvgIpc) is 2.61. The number of carboxylic acid groups (broad SMARTS) is 2. The van der Waals surface area contributed by atoms with Gasteiger partial charge in [0.1, 0.15) is 0 Å². The highest BCUT2D eigenvalue weighted by atomic mass is 16.4. The van der Waals surface area contributed by atoms with E-state index in [1.165, 1.54) is 11.1 Å². The van der Waals surface area contributed by atoms with Crippen molar-refractivity contribution in [1.82, 2.24) is 4.98 Å². The largest absolute Gasteiger partial charge is 0.478 e. The summed E-state index contributed by atoms with van der Waals surface area (Å²) in [4.78, 5) is 23.6. The zero-order valence-electron chi connectivity index (χ0n) is 14.2. The van der Waals surface area contributed by atoms with Gasteiger partial charge in [0.15, 0.2) is 0 Å². The van der Waals surface area contributed by atoms with Gasteiger partial charge >= 0.3 is 11.9 Å². The van der Waals surface area contributed by atoms with Crippen molar-refractivity contribution in [3.8, 4) is 0 Å². The summed E-state index contributed by atoms with van der Waals surface area (Å²) in [7, 11) is 0. The zero-order valence-corrected chi connectivity index (χ0v) is 14.2. The first kappa shape index (κ1) is 20.1. The molecule has 0 radical (unpaired) electrons. The molecule has 0 aliphatic rings. The third kappa shape index (κ3) is 5.86. The van der Waals surface area contributed by atoms with Gasteiger partial charge in [0.05, 0.1) is 5.69 Å². The van der Waals surface area contributed by atoms with Crippen molar-refractivity contribution in [3.05, 3.63) is 77.6 Å². The number of aromatic nitrogens is 1. The molecule has 1 aromatic carbocycles. The second-order valence-electron chi connectivity index (χ2n) is 5.58. The van der Waals surface area contributed by atoms with E-state index in [1.54, 1.807) is 0 Å². The maximum atomic E-state index is 9.55. The van der Waals surface area contributed by atoms with Crippen LogP contribution in [0.1, 0.15) is 23.7 Å². The molecule has 0 fully saturated rings. The van der Waals surface area contributed by atoms with Crippen LogP contribution >= 0.6 is 0 Å². The van der Waals surface area contributed by atoms with Gasteiger partial charge in [0.25, 0.3) is 0 Å². The Balaban J connectivity index is 0.000000333. The summed E-state index contributed by atoms with van der Waals surface area (Å²) < 4.78 is 0. The number of carbonyl (C=O) groups is 2. The van der Waals surface area contributed by atoms with E-state index in [9.17, 15) is 9.59 Å². The summed E-state index contributed by atoms with van der Waals surface area (Å²) in [5.74, 6) is -2.51. The number of aliphatic carboxylic acids is 2. The highest BCUT2D eigenvalue weighted by Crippen LogP contribution is 2.31. The monoisotopic (exact) mass is 342 g/mol. The van der Waals surface area contributed by atoms with Crippen LogP contribution in [0.15, 0.2) is 60.8 Å². The van der Waals surface area contributed by atoms with Gasteiger partial charge in [-0.05, 0) is 37.1 Å². The van der Waals surface area contributed by atoms with Crippen molar-refractivity contribution in [2.24, 2.45) is 5.73 Å². The van der Waals surface area contributed by atoms with Gasteiger partial charge in [0.2, 0.25) is 0 Å². The van der Waals surface area contributed by atoms with E-state index in [0.717, 1.165) is 5.69 Å². The first-order chi connectivity index (χ1) is 11.8. The third-order valence-corrected chi connectivity index (χ3v) is 3.75. The summed E-state index contributed by atoms with van der Waals surface area (Å²) in [6.07, 6.45) is 2.94. The van der Waals surface area contributed by atoms with Crippen molar-refractivity contribution >= 4 is 11.9 Å². The molecule has 1 heterocycles. The Hall–Kier alpha value is -2.99. The predicted octanol–water partition coefficient (Wildman–Crippen LogP) is 2.37. The van der Waals surface area contributed by atoms with Crippen LogP contribution in [0.4, 0.5) is 0 Å². The van der Waals surface area contributed by atoms with Gasteiger partial charge in [0, 0.05) is 30.3 Å². The molecule has 1 aromatic heterocycles. The maximum Gasteiger partial charge on any atom is 0.328 e. The Morgan fingerprint density at radius 3 is 2.08 bits per heavy atom. The lowest BCUT2D eigenvalue weighted by molar-refractivity contribution is -0.134. The summed E-state index contributed by atoms with van der Waals surface area (Å²) in [5.41, 5.74) is 9.32. The zero-order chi connectivity index (χ0) is 18.9. The first-order valence-electron chi connectivity index (χ1n) is 7.63. The Morgan fingerprint density at radius 1 is 1.08 bits per heavy atom. The van der Waals surface area contributed by atoms with Gasteiger partial charge in [-0.25, -0.2) is 9.59 Å². The fraction of sp³-hybridized carbons (Fsp3) is 0.211. The number of benzene rings is 1. The summed E-state index contributed by atoms with van der Waals surface area (Å²) in [5, 5.41) is 15.6. The number of hydrogen-bond donors (Lipinski definition) is 3. The van der Waals surface area contributed by atoms with E-state index in [0.29, 0.717) is 18.7 Å². The lowest BCUT2D eigenvalue weighted by atomic mass is 9.77. The maximum absolute atomic E-state index is 9.55. The predicted molar refractivity (Wildman–Crippen MR) is 95.3 cm³/mol. The number of rotatable bonds is 5. The number of carboxylic acids is 2. The molecule has 0 aliphatic heterocycles. The minimum atomic E-state index is -1.26. The Labute approximate surface area is 146 Å². The molecule has 25 heavy (non-hydrogen) atoms. The van der Waals surface area contributed by atoms with Crippen LogP contribution < -0.4 is 5.73 Å². The number of nitrogens with zero attached hydrogens (tertiary/aromatic N) is 1. The molecule has 2 rings (SSSR count). The number of aryl methyl sites for hydroxylation is 1. The van der Waals surface area contributed by atoms with Crippen LogP contribution in [0.2, 0.25) is 0 Å². The van der Waals surface area contributed by atoms with Crippen LogP contribution in [0.3, 0.4) is 0 Å². The normalized spacial score (nSPS) is 12.8. The topological polar surface area (TPSA) is 114 Å². The summed E-state index contributed by atoms with van der Waals surface area (Å²) >= 11 is 0. The molecule has 4 N–H and O–H groups in total. The molecule has 0 amide bonds. The first-order valence-corrected chi connectivity index (χ1v) is 7.63. The van der Waals surface area contributed by atoms with Crippen molar-refractivity contribution < 1.29 is 19.8 Å². The van der Waals surface area contributed by atoms with Crippen LogP contribution in [0.5, 0.6) is 0 Å². The molecule has 1 atom stereocenters. The molecular weight excluding hydrogens is 320 g/mol. The summed E-state index contributed by atoms with van der Waals surface area (Å²) in [6.45, 7) is 4.82. The van der Waals surface area contributed by atoms with Crippen molar-refractivity contribution in [1.29, 1.82) is 0 Å². The average molecular weight is 342 g/mol. The van der Waals surface area contributed by atoms with Crippen molar-refractivity contribution in [3.63, 3.8) is 0 Å². The smallest absolute Gasteiger partial charge is 0.328 e. The van der Waals surface area contributed by atoms with Crippen LogP contribution in [-0.2, 0) is 15.0 Å². The van der Waals surface area contributed by atoms with E-state index < -0.39 is 11.9 Å². The quantitative estimate of drug-likeness (QED) is 0.719. The van der Waals surface area contributed by atoms with E-state index >= 15 is 0 Å². The van der Waals surface area contributed by atoms with Gasteiger partial charge < -0.3 is 15.9 Å². The number of nitrogens with two attached hydrogens (primary N) is 1. The lowest BCUT2D eigenvalue weighted by Gasteiger charge is -2.29. The van der Waals surface area contributed by atoms with Crippen LogP contribution in [0, 0.1) is 6.92 Å². The highest BCUT2D eigenvalue weighted by Gasteiger charge is 2.29. The van der Waals surface area contributed by atoms with E-state index in [2.05, 4.69) is 37.0 Å². The van der Waals surface area contributed by atoms with Crippen LogP contribution in [-0.4, -0.2) is 33.7 Å². The van der Waals surface area contributed by atoms with E-state index in [1.807, 2.05) is 30.5 Å². The molecular formula is C19H22N2O4. The molecule has 0 unspecified atom stereocenters. The minimum Gasteiger partial charge on any atom is -0.478 e. The lowest BCUT2D eigenvalue weighted by Crippen LogP contribution is -2.34.